The minimum atomic E-state index is -0.491. The molecule has 1 N–H and O–H groups in total. The lowest BCUT2D eigenvalue weighted by Crippen LogP contribution is -2.42. The largest absolute Gasteiger partial charge is 0.359 e. The second-order valence-electron chi connectivity index (χ2n) is 5.82. The zero-order valence-electron chi connectivity index (χ0n) is 12.9. The van der Waals surface area contributed by atoms with Crippen LogP contribution < -0.4 is 10.2 Å². The predicted molar refractivity (Wildman–Crippen MR) is 91.6 cm³/mol. The first-order valence-corrected chi connectivity index (χ1v) is 8.02. The fraction of sp³-hybridized carbons (Fsp3) is 0.278. The Kier molecular flexibility index (Phi) is 4.53. The highest BCUT2D eigenvalue weighted by molar-refractivity contribution is 6.30. The van der Waals surface area contributed by atoms with Gasteiger partial charge >= 0.3 is 0 Å². The second-order valence-corrected chi connectivity index (χ2v) is 6.25. The first-order chi connectivity index (χ1) is 11.0. The summed E-state index contributed by atoms with van der Waals surface area (Å²) in [6.07, 6.45) is 2.01. The molecular formula is C18H18ClFN2O. The molecule has 2 aromatic carbocycles. The number of nitrogens with zero attached hydrogens (tertiary/aromatic N) is 1. The Morgan fingerprint density at radius 2 is 2.13 bits per heavy atom. The molecule has 1 atom stereocenters. The summed E-state index contributed by atoms with van der Waals surface area (Å²) in [6, 6.07) is 12.5. The van der Waals surface area contributed by atoms with Gasteiger partial charge < -0.3 is 10.2 Å². The summed E-state index contributed by atoms with van der Waals surface area (Å²) in [6.45, 7) is 2.29. The van der Waals surface area contributed by atoms with E-state index in [1.54, 1.807) is 0 Å². The molecule has 120 valence electrons. The maximum absolute atomic E-state index is 13.7. The first kappa shape index (κ1) is 15.8. The average Bonchev–Trinajstić information content (AvgIpc) is 2.54. The van der Waals surface area contributed by atoms with Crippen molar-refractivity contribution in [1.29, 1.82) is 0 Å². The fourth-order valence-electron chi connectivity index (χ4n) is 2.94. The molecule has 0 unspecified atom stereocenters. The van der Waals surface area contributed by atoms with Crippen LogP contribution in [-0.4, -0.2) is 18.5 Å². The van der Waals surface area contributed by atoms with Gasteiger partial charge in [-0.3, -0.25) is 4.79 Å². The van der Waals surface area contributed by atoms with Gasteiger partial charge in [0.05, 0.1) is 12.2 Å². The quantitative estimate of drug-likeness (QED) is 0.911. The van der Waals surface area contributed by atoms with Gasteiger partial charge in [0.1, 0.15) is 5.82 Å². The van der Waals surface area contributed by atoms with Crippen molar-refractivity contribution in [2.75, 3.05) is 16.8 Å². The van der Waals surface area contributed by atoms with Crippen LogP contribution in [0.4, 0.5) is 15.8 Å². The van der Waals surface area contributed by atoms with Gasteiger partial charge in [0, 0.05) is 16.8 Å². The van der Waals surface area contributed by atoms with Crippen LogP contribution in [0.25, 0.3) is 0 Å². The number of hydrogen-bond acceptors (Lipinski definition) is 2. The molecular weight excluding hydrogens is 315 g/mol. The van der Waals surface area contributed by atoms with Crippen molar-refractivity contribution < 1.29 is 9.18 Å². The van der Waals surface area contributed by atoms with E-state index >= 15 is 0 Å². The number of benzene rings is 2. The molecule has 0 fully saturated rings. The van der Waals surface area contributed by atoms with Crippen molar-refractivity contribution in [3.63, 3.8) is 0 Å². The Hall–Kier alpha value is -2.07. The molecule has 0 bridgehead atoms. The third-order valence-electron chi connectivity index (χ3n) is 4.18. The minimum absolute atomic E-state index is 0.112. The van der Waals surface area contributed by atoms with E-state index in [-0.39, 0.29) is 24.2 Å². The second kappa shape index (κ2) is 6.59. The number of fused-ring (bicyclic) bond motifs is 1. The maximum atomic E-state index is 13.7. The first-order valence-electron chi connectivity index (χ1n) is 7.64. The smallest absolute Gasteiger partial charge is 0.243 e. The van der Waals surface area contributed by atoms with E-state index in [0.717, 1.165) is 18.5 Å². The highest BCUT2D eigenvalue weighted by atomic mass is 35.5. The molecule has 0 aliphatic carbocycles. The van der Waals surface area contributed by atoms with Crippen LogP contribution in [0.5, 0.6) is 0 Å². The molecule has 1 aliphatic rings. The summed E-state index contributed by atoms with van der Waals surface area (Å²) in [5.41, 5.74) is 2.43. The van der Waals surface area contributed by atoms with Gasteiger partial charge in [0.25, 0.3) is 0 Å². The van der Waals surface area contributed by atoms with Crippen LogP contribution in [0, 0.1) is 5.82 Å². The van der Waals surface area contributed by atoms with Crippen molar-refractivity contribution in [1.82, 2.24) is 0 Å². The molecule has 3 rings (SSSR count). The van der Waals surface area contributed by atoms with Gasteiger partial charge in [0.15, 0.2) is 0 Å². The van der Waals surface area contributed by atoms with E-state index in [2.05, 4.69) is 23.2 Å². The minimum Gasteiger partial charge on any atom is -0.359 e. The number of aryl methyl sites for hydroxylation is 1. The lowest BCUT2D eigenvalue weighted by molar-refractivity contribution is -0.115. The molecule has 0 saturated carbocycles. The summed E-state index contributed by atoms with van der Waals surface area (Å²) in [7, 11) is 0. The van der Waals surface area contributed by atoms with Crippen LogP contribution in [0.1, 0.15) is 18.9 Å². The summed E-state index contributed by atoms with van der Waals surface area (Å²) in [5.74, 6) is -0.746. The number of halogens is 2. The van der Waals surface area contributed by atoms with Crippen molar-refractivity contribution >= 4 is 28.9 Å². The molecule has 1 amide bonds. The van der Waals surface area contributed by atoms with Crippen molar-refractivity contribution in [3.05, 3.63) is 58.9 Å². The summed E-state index contributed by atoms with van der Waals surface area (Å²) in [5, 5.41) is 3.00. The molecule has 0 spiro atoms. The van der Waals surface area contributed by atoms with Crippen LogP contribution in [0.2, 0.25) is 5.02 Å². The molecule has 5 heteroatoms. The topological polar surface area (TPSA) is 32.3 Å². The van der Waals surface area contributed by atoms with E-state index in [0.29, 0.717) is 5.02 Å². The fourth-order valence-corrected chi connectivity index (χ4v) is 3.11. The van der Waals surface area contributed by atoms with Crippen molar-refractivity contribution in [3.8, 4) is 0 Å². The van der Waals surface area contributed by atoms with E-state index < -0.39 is 5.82 Å². The number of amides is 1. The highest BCUT2D eigenvalue weighted by Crippen LogP contribution is 2.30. The average molecular weight is 333 g/mol. The van der Waals surface area contributed by atoms with Gasteiger partial charge in [-0.25, -0.2) is 4.39 Å². The highest BCUT2D eigenvalue weighted by Gasteiger charge is 2.24. The number of rotatable bonds is 3. The number of nitrogens with one attached hydrogen (secondary N) is 1. The van der Waals surface area contributed by atoms with E-state index in [9.17, 15) is 9.18 Å². The summed E-state index contributed by atoms with van der Waals surface area (Å²) >= 11 is 5.85. The number of hydrogen-bond donors (Lipinski definition) is 1. The zero-order valence-corrected chi connectivity index (χ0v) is 13.6. The Balaban J connectivity index is 1.76. The number of carbonyl (C=O) groups is 1. The third-order valence-corrected chi connectivity index (χ3v) is 4.42. The maximum Gasteiger partial charge on any atom is 0.243 e. The monoisotopic (exact) mass is 332 g/mol. The number of anilines is 2. The molecule has 0 saturated heterocycles. The number of carbonyl (C=O) groups excluding carboxylic acids is 1. The van der Waals surface area contributed by atoms with Gasteiger partial charge in [-0.1, -0.05) is 29.8 Å². The van der Waals surface area contributed by atoms with Gasteiger partial charge in [-0.15, -0.1) is 0 Å². The number of para-hydroxylation sites is 1. The molecule has 23 heavy (non-hydrogen) atoms. The van der Waals surface area contributed by atoms with Gasteiger partial charge in [-0.05, 0) is 49.6 Å². The summed E-state index contributed by atoms with van der Waals surface area (Å²) in [4.78, 5) is 14.4. The van der Waals surface area contributed by atoms with E-state index in [1.807, 2.05) is 18.2 Å². The predicted octanol–water partition coefficient (Wildman–Crippen LogP) is 4.26. The molecule has 2 aromatic rings. The molecule has 3 nitrogen and oxygen atoms in total. The molecule has 0 radical (unpaired) electrons. The Bertz CT molecular complexity index is 735. The van der Waals surface area contributed by atoms with Crippen molar-refractivity contribution in [2.45, 2.75) is 25.8 Å². The van der Waals surface area contributed by atoms with Crippen LogP contribution in [0.3, 0.4) is 0 Å². The zero-order chi connectivity index (χ0) is 16.4. The molecule has 0 aromatic heterocycles. The van der Waals surface area contributed by atoms with Gasteiger partial charge in [-0.2, -0.15) is 0 Å². The Labute approximate surface area is 140 Å². The molecule has 1 heterocycles. The van der Waals surface area contributed by atoms with Crippen LogP contribution in [0.15, 0.2) is 42.5 Å². The summed E-state index contributed by atoms with van der Waals surface area (Å²) < 4.78 is 13.7. The van der Waals surface area contributed by atoms with Crippen LogP contribution in [-0.2, 0) is 11.2 Å². The normalized spacial score (nSPS) is 16.8. The van der Waals surface area contributed by atoms with Crippen LogP contribution >= 0.6 is 11.6 Å². The van der Waals surface area contributed by atoms with Gasteiger partial charge in [0.2, 0.25) is 5.91 Å². The van der Waals surface area contributed by atoms with E-state index in [4.69, 9.17) is 11.6 Å². The standard InChI is InChI=1S/C18H18ClFN2O/c1-12-6-7-13-4-2-3-5-17(13)22(12)11-18(23)21-16-10-14(19)8-9-15(16)20/h2-5,8-10,12H,6-7,11H2,1H3,(H,21,23)/t12-/m1/s1. The SMILES string of the molecule is C[C@@H]1CCc2ccccc2N1CC(=O)Nc1cc(Cl)ccc1F. The lowest BCUT2D eigenvalue weighted by atomic mass is 9.96. The Morgan fingerprint density at radius 1 is 1.35 bits per heavy atom. The Morgan fingerprint density at radius 3 is 2.96 bits per heavy atom. The lowest BCUT2D eigenvalue weighted by Gasteiger charge is -2.36. The third kappa shape index (κ3) is 3.48. The van der Waals surface area contributed by atoms with E-state index in [1.165, 1.54) is 23.8 Å². The molecule has 1 aliphatic heterocycles. The van der Waals surface area contributed by atoms with Crippen molar-refractivity contribution in [2.24, 2.45) is 0 Å².